The van der Waals surface area contributed by atoms with Gasteiger partial charge in [0.05, 0.1) is 22.5 Å². The van der Waals surface area contributed by atoms with Crippen LogP contribution in [0.25, 0.3) is 0 Å². The average Bonchev–Trinajstić information content (AvgIpc) is 2.75. The third-order valence-corrected chi connectivity index (χ3v) is 6.76. The molecule has 0 aliphatic rings. The van der Waals surface area contributed by atoms with Crippen LogP contribution in [0.2, 0.25) is 5.02 Å². The number of alkyl halides is 3. The molecule has 36 heavy (non-hydrogen) atoms. The summed E-state index contributed by atoms with van der Waals surface area (Å²) < 4.78 is 65.8. The van der Waals surface area contributed by atoms with Crippen LogP contribution >= 0.6 is 11.6 Å². The average molecular weight is 548 g/mol. The van der Waals surface area contributed by atoms with Gasteiger partial charge in [0, 0.05) is 12.6 Å². The van der Waals surface area contributed by atoms with Crippen molar-refractivity contribution in [3.05, 3.63) is 64.2 Å². The Balaban J connectivity index is 2.47. The number of halogens is 4. The molecule has 0 spiro atoms. The van der Waals surface area contributed by atoms with Crippen LogP contribution in [0.4, 0.5) is 18.9 Å². The van der Waals surface area contributed by atoms with Gasteiger partial charge in [-0.25, -0.2) is 8.42 Å². The van der Waals surface area contributed by atoms with Crippen LogP contribution in [-0.4, -0.2) is 50.0 Å². The Hall–Kier alpha value is -2.79. The maximum atomic E-state index is 13.4. The Bertz CT molecular complexity index is 1200. The molecule has 2 aromatic carbocycles. The molecule has 0 aliphatic carbocycles. The number of rotatable bonds is 9. The summed E-state index contributed by atoms with van der Waals surface area (Å²) in [4.78, 5) is 27.3. The molecule has 2 amide bonds. The Morgan fingerprint density at radius 1 is 1.06 bits per heavy atom. The fourth-order valence-corrected chi connectivity index (χ4v) is 4.44. The summed E-state index contributed by atoms with van der Waals surface area (Å²) in [5, 5.41) is 2.11. The summed E-state index contributed by atoms with van der Waals surface area (Å²) in [6.45, 7) is 6.05. The highest BCUT2D eigenvalue weighted by Crippen LogP contribution is 2.37. The Labute approximate surface area is 214 Å². The first-order valence-electron chi connectivity index (χ1n) is 11.0. The Morgan fingerprint density at radius 2 is 1.64 bits per heavy atom. The minimum absolute atomic E-state index is 0.0161. The zero-order valence-corrected chi connectivity index (χ0v) is 22.1. The molecule has 0 unspecified atom stereocenters. The van der Waals surface area contributed by atoms with Crippen molar-refractivity contribution in [3.8, 4) is 0 Å². The lowest BCUT2D eigenvalue weighted by Gasteiger charge is -2.32. The van der Waals surface area contributed by atoms with Crippen LogP contribution in [0.3, 0.4) is 0 Å². The summed E-state index contributed by atoms with van der Waals surface area (Å²) >= 11 is 5.67. The molecule has 0 bridgehead atoms. The first kappa shape index (κ1) is 29.4. The van der Waals surface area contributed by atoms with E-state index in [1.165, 1.54) is 11.8 Å². The fourth-order valence-electron chi connectivity index (χ4n) is 3.38. The molecule has 0 fully saturated rings. The SMILES string of the molecule is Cc1ccc(CN(C(=O)CN(c2ccc(Cl)c(C(F)(F)F)c2)S(C)(=O)=O)[C@@H](C)C(=O)NC(C)C)cc1. The highest BCUT2D eigenvalue weighted by atomic mass is 35.5. The molecule has 0 aliphatic heterocycles. The van der Waals surface area contributed by atoms with Crippen molar-refractivity contribution in [2.24, 2.45) is 0 Å². The second-order valence-corrected chi connectivity index (χ2v) is 11.1. The number of anilines is 1. The number of hydrogen-bond acceptors (Lipinski definition) is 4. The van der Waals surface area contributed by atoms with Gasteiger partial charge in [-0.05, 0) is 51.5 Å². The van der Waals surface area contributed by atoms with E-state index in [1.807, 2.05) is 19.1 Å². The molecule has 0 saturated carbocycles. The van der Waals surface area contributed by atoms with Crippen molar-refractivity contribution < 1.29 is 31.2 Å². The number of amides is 2. The van der Waals surface area contributed by atoms with E-state index in [2.05, 4.69) is 5.32 Å². The van der Waals surface area contributed by atoms with Gasteiger partial charge in [0.1, 0.15) is 12.6 Å². The topological polar surface area (TPSA) is 86.8 Å². The monoisotopic (exact) mass is 547 g/mol. The van der Waals surface area contributed by atoms with Gasteiger partial charge in [-0.1, -0.05) is 41.4 Å². The van der Waals surface area contributed by atoms with Crippen LogP contribution in [0, 0.1) is 6.92 Å². The predicted molar refractivity (Wildman–Crippen MR) is 133 cm³/mol. The van der Waals surface area contributed by atoms with E-state index in [9.17, 15) is 31.2 Å². The lowest BCUT2D eigenvalue weighted by molar-refractivity contribution is -0.139. The van der Waals surface area contributed by atoms with E-state index in [-0.39, 0.29) is 18.3 Å². The van der Waals surface area contributed by atoms with E-state index < -0.39 is 51.2 Å². The minimum Gasteiger partial charge on any atom is -0.352 e. The standard InChI is InChI=1S/C24H29ClF3N3O4S/c1-15(2)29-23(33)17(4)30(13-18-8-6-16(3)7-9-18)22(32)14-31(36(5,34)35)19-10-11-21(25)20(12-19)24(26,27)28/h6-12,15,17H,13-14H2,1-5H3,(H,29,33)/t17-/m0/s1. The van der Waals surface area contributed by atoms with Crippen LogP contribution in [0.15, 0.2) is 42.5 Å². The van der Waals surface area contributed by atoms with Crippen LogP contribution in [0.1, 0.15) is 37.5 Å². The van der Waals surface area contributed by atoms with Gasteiger partial charge in [-0.2, -0.15) is 13.2 Å². The van der Waals surface area contributed by atoms with Crippen molar-refractivity contribution >= 4 is 39.1 Å². The number of nitrogens with zero attached hydrogens (tertiary/aromatic N) is 2. The van der Waals surface area contributed by atoms with Crippen molar-refractivity contribution in [1.29, 1.82) is 0 Å². The molecule has 198 valence electrons. The molecule has 0 aromatic heterocycles. The van der Waals surface area contributed by atoms with Crippen molar-refractivity contribution in [2.75, 3.05) is 17.1 Å². The van der Waals surface area contributed by atoms with Gasteiger partial charge in [0.2, 0.25) is 21.8 Å². The summed E-state index contributed by atoms with van der Waals surface area (Å²) in [7, 11) is -4.19. The van der Waals surface area contributed by atoms with Crippen molar-refractivity contribution in [2.45, 2.75) is 52.5 Å². The third kappa shape index (κ3) is 7.86. The third-order valence-electron chi connectivity index (χ3n) is 5.29. The van der Waals surface area contributed by atoms with E-state index in [0.29, 0.717) is 15.9 Å². The number of carbonyl (C=O) groups is 2. The molecule has 2 aromatic rings. The quantitative estimate of drug-likeness (QED) is 0.505. The predicted octanol–water partition coefficient (Wildman–Crippen LogP) is 4.38. The van der Waals surface area contributed by atoms with Gasteiger partial charge >= 0.3 is 6.18 Å². The zero-order valence-electron chi connectivity index (χ0n) is 20.6. The molecule has 1 atom stereocenters. The first-order chi connectivity index (χ1) is 16.5. The molecule has 1 N–H and O–H groups in total. The number of sulfonamides is 1. The Morgan fingerprint density at radius 3 is 2.14 bits per heavy atom. The van der Waals surface area contributed by atoms with E-state index >= 15 is 0 Å². The maximum Gasteiger partial charge on any atom is 0.417 e. The van der Waals surface area contributed by atoms with E-state index in [0.717, 1.165) is 24.0 Å². The van der Waals surface area contributed by atoms with Crippen molar-refractivity contribution in [1.82, 2.24) is 10.2 Å². The second-order valence-electron chi connectivity index (χ2n) is 8.78. The molecule has 12 heteroatoms. The number of carbonyl (C=O) groups excluding carboxylic acids is 2. The second kappa shape index (κ2) is 11.5. The lowest BCUT2D eigenvalue weighted by atomic mass is 10.1. The largest absolute Gasteiger partial charge is 0.417 e. The summed E-state index contributed by atoms with van der Waals surface area (Å²) in [6.07, 6.45) is -4.05. The van der Waals surface area contributed by atoms with Gasteiger partial charge < -0.3 is 10.2 Å². The number of hydrogen-bond donors (Lipinski definition) is 1. The van der Waals surface area contributed by atoms with Crippen LogP contribution < -0.4 is 9.62 Å². The molecule has 0 saturated heterocycles. The first-order valence-corrected chi connectivity index (χ1v) is 13.2. The van der Waals surface area contributed by atoms with E-state index in [4.69, 9.17) is 11.6 Å². The molecule has 0 radical (unpaired) electrons. The summed E-state index contributed by atoms with van der Waals surface area (Å²) in [6, 6.07) is 8.58. The number of nitrogens with one attached hydrogen (secondary N) is 1. The molecule has 0 heterocycles. The van der Waals surface area contributed by atoms with Crippen LogP contribution in [0.5, 0.6) is 0 Å². The number of aryl methyl sites for hydroxylation is 1. The number of benzene rings is 2. The highest BCUT2D eigenvalue weighted by molar-refractivity contribution is 7.92. The summed E-state index contributed by atoms with van der Waals surface area (Å²) in [5.74, 6) is -1.22. The van der Waals surface area contributed by atoms with E-state index in [1.54, 1.807) is 26.0 Å². The van der Waals surface area contributed by atoms with Gasteiger partial charge in [0.15, 0.2) is 0 Å². The van der Waals surface area contributed by atoms with Crippen molar-refractivity contribution in [3.63, 3.8) is 0 Å². The highest BCUT2D eigenvalue weighted by Gasteiger charge is 2.35. The van der Waals surface area contributed by atoms with Crippen LogP contribution in [-0.2, 0) is 32.3 Å². The molecule has 2 rings (SSSR count). The molecular formula is C24H29ClF3N3O4S. The normalized spacial score (nSPS) is 12.8. The Kier molecular flexibility index (Phi) is 9.41. The zero-order chi connectivity index (χ0) is 27.4. The molecule has 7 nitrogen and oxygen atoms in total. The maximum absolute atomic E-state index is 13.4. The fraction of sp³-hybridized carbons (Fsp3) is 0.417. The minimum atomic E-state index is -4.83. The van der Waals surface area contributed by atoms with Gasteiger partial charge in [0.25, 0.3) is 0 Å². The smallest absolute Gasteiger partial charge is 0.352 e. The molecular weight excluding hydrogens is 519 g/mol. The van der Waals surface area contributed by atoms with Gasteiger partial charge in [-0.15, -0.1) is 0 Å². The lowest BCUT2D eigenvalue weighted by Crippen LogP contribution is -2.52. The summed E-state index contributed by atoms with van der Waals surface area (Å²) in [5.41, 5.74) is 0.0599. The van der Waals surface area contributed by atoms with Gasteiger partial charge in [-0.3, -0.25) is 13.9 Å².